The van der Waals surface area contributed by atoms with Gasteiger partial charge in [-0.2, -0.15) is 4.98 Å². The highest BCUT2D eigenvalue weighted by molar-refractivity contribution is 5.70. The van der Waals surface area contributed by atoms with Crippen molar-refractivity contribution in [1.29, 1.82) is 0 Å². The van der Waals surface area contributed by atoms with Gasteiger partial charge >= 0.3 is 0 Å². The lowest BCUT2D eigenvalue weighted by Gasteiger charge is -2.43. The molecule has 0 bridgehead atoms. The molecule has 0 radical (unpaired) electrons. The highest BCUT2D eigenvalue weighted by Crippen LogP contribution is 2.51. The first-order valence-corrected chi connectivity index (χ1v) is 5.66. The number of anilines is 1. The molecule has 1 fully saturated rings. The third-order valence-corrected chi connectivity index (χ3v) is 3.50. The maximum atomic E-state index is 13.8. The number of aromatic nitrogens is 4. The zero-order valence-corrected chi connectivity index (χ0v) is 9.68. The summed E-state index contributed by atoms with van der Waals surface area (Å²) in [6.07, 6.45) is 1.25. The second-order valence-electron chi connectivity index (χ2n) is 4.58. The molecule has 102 valence electrons. The van der Waals surface area contributed by atoms with Crippen LogP contribution in [0.4, 0.5) is 14.7 Å². The van der Waals surface area contributed by atoms with Gasteiger partial charge in [0.05, 0.1) is 18.9 Å². The Morgan fingerprint density at radius 1 is 1.63 bits per heavy atom. The van der Waals surface area contributed by atoms with E-state index in [4.69, 9.17) is 10.8 Å². The van der Waals surface area contributed by atoms with Gasteiger partial charge in [0.25, 0.3) is 11.5 Å². The zero-order valence-electron chi connectivity index (χ0n) is 9.68. The molecule has 3 rings (SSSR count). The van der Waals surface area contributed by atoms with E-state index in [1.165, 1.54) is 0 Å². The summed E-state index contributed by atoms with van der Waals surface area (Å²) in [5, 5.41) is 8.84. The van der Waals surface area contributed by atoms with Gasteiger partial charge in [0.2, 0.25) is 5.95 Å². The predicted octanol–water partition coefficient (Wildman–Crippen LogP) is -0.110. The largest absolute Gasteiger partial charge is 0.396 e. The summed E-state index contributed by atoms with van der Waals surface area (Å²) >= 11 is 0. The quantitative estimate of drug-likeness (QED) is 0.706. The van der Waals surface area contributed by atoms with Crippen molar-refractivity contribution in [2.45, 2.75) is 18.4 Å². The fourth-order valence-electron chi connectivity index (χ4n) is 2.36. The van der Waals surface area contributed by atoms with E-state index in [2.05, 4.69) is 15.0 Å². The fraction of sp³-hybridized carbons (Fsp3) is 0.500. The van der Waals surface area contributed by atoms with Crippen molar-refractivity contribution in [2.24, 2.45) is 5.92 Å². The summed E-state index contributed by atoms with van der Waals surface area (Å²) in [6, 6.07) is -1.16. The average molecular weight is 271 g/mol. The third-order valence-electron chi connectivity index (χ3n) is 3.50. The molecule has 0 aromatic carbocycles. The van der Waals surface area contributed by atoms with Crippen molar-refractivity contribution in [3.63, 3.8) is 0 Å². The second-order valence-corrected chi connectivity index (χ2v) is 4.58. The Labute approximate surface area is 105 Å². The number of rotatable bonds is 2. The Morgan fingerprint density at radius 2 is 2.37 bits per heavy atom. The van der Waals surface area contributed by atoms with Crippen molar-refractivity contribution in [1.82, 2.24) is 19.5 Å². The Balaban J connectivity index is 2.11. The molecular weight excluding hydrogens is 260 g/mol. The van der Waals surface area contributed by atoms with Crippen LogP contribution in [0.25, 0.3) is 11.2 Å². The minimum absolute atomic E-state index is 0.0299. The number of nitrogens with one attached hydrogen (secondary N) is 1. The number of aromatic amines is 1. The summed E-state index contributed by atoms with van der Waals surface area (Å²) in [7, 11) is 0. The van der Waals surface area contributed by atoms with Gasteiger partial charge in [-0.3, -0.25) is 9.78 Å². The normalized spacial score (nSPS) is 25.4. The molecular formula is C10H11F2N5O2. The van der Waals surface area contributed by atoms with Gasteiger partial charge in [-0.1, -0.05) is 0 Å². The molecule has 0 spiro atoms. The molecule has 19 heavy (non-hydrogen) atoms. The van der Waals surface area contributed by atoms with Crippen molar-refractivity contribution >= 4 is 17.1 Å². The monoisotopic (exact) mass is 271 g/mol. The van der Waals surface area contributed by atoms with Crippen LogP contribution >= 0.6 is 0 Å². The highest BCUT2D eigenvalue weighted by atomic mass is 19.3. The minimum atomic E-state index is -3.05. The number of H-pyrrole nitrogens is 1. The molecule has 2 heterocycles. The van der Waals surface area contributed by atoms with Gasteiger partial charge in [0.1, 0.15) is 6.04 Å². The molecule has 0 saturated heterocycles. The standard InChI is InChI=1S/C10H11F2N5O2/c11-10(12)4(2-18)1-5(10)17-3-14-6-7(17)15-9(13)16-8(6)19/h3-5,18H,1-2H2,(H3,13,15,16,19)/t4-,5-/m1/s1. The van der Waals surface area contributed by atoms with Crippen molar-refractivity contribution in [3.8, 4) is 0 Å². The van der Waals surface area contributed by atoms with Crippen LogP contribution in [0.3, 0.4) is 0 Å². The van der Waals surface area contributed by atoms with Crippen LogP contribution < -0.4 is 11.3 Å². The number of halogens is 2. The molecule has 4 N–H and O–H groups in total. The number of nitrogens with two attached hydrogens (primary N) is 1. The third kappa shape index (κ3) is 1.54. The molecule has 2 aromatic rings. The van der Waals surface area contributed by atoms with Crippen molar-refractivity contribution < 1.29 is 13.9 Å². The maximum absolute atomic E-state index is 13.8. The van der Waals surface area contributed by atoms with Crippen LogP contribution in [0.5, 0.6) is 0 Å². The van der Waals surface area contributed by atoms with E-state index in [0.29, 0.717) is 0 Å². The number of hydrogen-bond donors (Lipinski definition) is 3. The lowest BCUT2D eigenvalue weighted by Crippen LogP contribution is -2.51. The van der Waals surface area contributed by atoms with Crippen molar-refractivity contribution in [2.75, 3.05) is 12.3 Å². The van der Waals surface area contributed by atoms with Gasteiger partial charge in [-0.05, 0) is 6.42 Å². The molecule has 9 heteroatoms. The van der Waals surface area contributed by atoms with E-state index in [-0.39, 0.29) is 23.5 Å². The van der Waals surface area contributed by atoms with Crippen LogP contribution in [0.2, 0.25) is 0 Å². The van der Waals surface area contributed by atoms with Gasteiger partial charge in [0, 0.05) is 0 Å². The molecule has 2 aromatic heterocycles. The summed E-state index contributed by atoms with van der Waals surface area (Å²) in [5.41, 5.74) is 4.83. The Bertz CT molecular complexity index is 695. The van der Waals surface area contributed by atoms with Crippen molar-refractivity contribution in [3.05, 3.63) is 16.7 Å². The molecule has 0 amide bonds. The molecule has 1 aliphatic carbocycles. The summed E-state index contributed by atoms with van der Waals surface area (Å²) in [6.45, 7) is -0.577. The fourth-order valence-corrected chi connectivity index (χ4v) is 2.36. The van der Waals surface area contributed by atoms with Crippen LogP contribution in [0, 0.1) is 5.92 Å². The zero-order chi connectivity index (χ0) is 13.8. The first kappa shape index (κ1) is 12.0. The van der Waals surface area contributed by atoms with E-state index in [0.717, 1.165) is 10.9 Å². The number of nitrogens with zero attached hydrogens (tertiary/aromatic N) is 3. The summed E-state index contributed by atoms with van der Waals surface area (Å²) in [5.74, 6) is -4.28. The van der Waals surface area contributed by atoms with Crippen LogP contribution in [0.1, 0.15) is 12.5 Å². The van der Waals surface area contributed by atoms with Gasteiger partial charge in [-0.25, -0.2) is 13.8 Å². The highest BCUT2D eigenvalue weighted by Gasteiger charge is 2.58. The first-order chi connectivity index (χ1) is 8.95. The molecule has 1 aliphatic rings. The molecule has 7 nitrogen and oxygen atoms in total. The predicted molar refractivity (Wildman–Crippen MR) is 61.7 cm³/mol. The first-order valence-electron chi connectivity index (χ1n) is 5.66. The number of fused-ring (bicyclic) bond motifs is 1. The molecule has 0 unspecified atom stereocenters. The Morgan fingerprint density at radius 3 is 3.00 bits per heavy atom. The number of nitrogen functional groups attached to an aromatic ring is 1. The minimum Gasteiger partial charge on any atom is -0.396 e. The van der Waals surface area contributed by atoms with E-state index in [9.17, 15) is 13.6 Å². The molecule has 1 saturated carbocycles. The van der Waals surface area contributed by atoms with E-state index >= 15 is 0 Å². The average Bonchev–Trinajstić information content (AvgIpc) is 2.72. The van der Waals surface area contributed by atoms with E-state index in [1.54, 1.807) is 0 Å². The van der Waals surface area contributed by atoms with E-state index < -0.39 is 30.0 Å². The second kappa shape index (κ2) is 3.73. The number of imidazole rings is 1. The van der Waals surface area contributed by atoms with Crippen LogP contribution in [-0.4, -0.2) is 37.2 Å². The Hall–Kier alpha value is -2.03. The van der Waals surface area contributed by atoms with Gasteiger partial charge in [-0.15, -0.1) is 0 Å². The lowest BCUT2D eigenvalue weighted by molar-refractivity contribution is -0.188. The summed E-state index contributed by atoms with van der Waals surface area (Å²) < 4.78 is 28.8. The van der Waals surface area contributed by atoms with Gasteiger partial charge in [0.15, 0.2) is 11.2 Å². The number of hydrogen-bond acceptors (Lipinski definition) is 5. The maximum Gasteiger partial charge on any atom is 0.280 e. The molecule has 2 atom stereocenters. The van der Waals surface area contributed by atoms with E-state index in [1.807, 2.05) is 0 Å². The van der Waals surface area contributed by atoms with Crippen LogP contribution in [0.15, 0.2) is 11.1 Å². The van der Waals surface area contributed by atoms with Gasteiger partial charge < -0.3 is 15.4 Å². The lowest BCUT2D eigenvalue weighted by atomic mass is 9.76. The topological polar surface area (TPSA) is 110 Å². The molecule has 0 aliphatic heterocycles. The number of alkyl halides is 2. The Kier molecular flexibility index (Phi) is 2.36. The number of aliphatic hydroxyl groups is 1. The van der Waals surface area contributed by atoms with Crippen LogP contribution in [-0.2, 0) is 0 Å². The number of aliphatic hydroxyl groups excluding tert-OH is 1. The smallest absolute Gasteiger partial charge is 0.280 e. The summed E-state index contributed by atoms with van der Waals surface area (Å²) in [4.78, 5) is 21.4. The SMILES string of the molecule is Nc1nc2c(ncn2[C@@H]2C[C@H](CO)C2(F)F)c(=O)[nH]1.